The smallest absolute Gasteiger partial charge is 0.346 e. The highest BCUT2D eigenvalue weighted by atomic mass is 16.4. The Hall–Kier alpha value is -1.30. The van der Waals surface area contributed by atoms with Crippen molar-refractivity contribution >= 4 is 5.97 Å². The van der Waals surface area contributed by atoms with Gasteiger partial charge in [0.1, 0.15) is 11.6 Å². The van der Waals surface area contributed by atoms with Crippen LogP contribution in [0.15, 0.2) is 11.6 Å². The van der Waals surface area contributed by atoms with Crippen molar-refractivity contribution in [2.24, 2.45) is 5.92 Å². The van der Waals surface area contributed by atoms with Gasteiger partial charge in [-0.05, 0) is 18.8 Å². The summed E-state index contributed by atoms with van der Waals surface area (Å²) in [5.74, 6) is -0.337. The number of hydrogen-bond donors (Lipinski definition) is 1. The Bertz CT molecular complexity index is 287. The molecule has 0 aromatic carbocycles. The molecule has 0 bridgehead atoms. The molecule has 0 amide bonds. The van der Waals surface area contributed by atoms with Crippen molar-refractivity contribution in [2.45, 2.75) is 58.8 Å². The molecule has 0 aliphatic rings. The monoisotopic (exact) mass is 237 g/mol. The summed E-state index contributed by atoms with van der Waals surface area (Å²) in [6.45, 7) is 4.47. The van der Waals surface area contributed by atoms with Gasteiger partial charge in [0.25, 0.3) is 0 Å². The van der Waals surface area contributed by atoms with E-state index in [0.29, 0.717) is 6.42 Å². The molecule has 96 valence electrons. The van der Waals surface area contributed by atoms with E-state index in [0.717, 1.165) is 18.8 Å². The summed E-state index contributed by atoms with van der Waals surface area (Å²) >= 11 is 0. The number of aliphatic carboxylic acids is 1. The van der Waals surface area contributed by atoms with E-state index in [4.69, 9.17) is 10.4 Å². The second-order valence-corrected chi connectivity index (χ2v) is 4.77. The van der Waals surface area contributed by atoms with Crippen molar-refractivity contribution in [2.75, 3.05) is 0 Å². The Morgan fingerprint density at radius 1 is 1.24 bits per heavy atom. The average molecular weight is 237 g/mol. The topological polar surface area (TPSA) is 61.1 Å². The van der Waals surface area contributed by atoms with Gasteiger partial charge in [-0.15, -0.1) is 0 Å². The van der Waals surface area contributed by atoms with Gasteiger partial charge in [-0.25, -0.2) is 4.79 Å². The molecule has 0 saturated heterocycles. The molecule has 0 aliphatic heterocycles. The van der Waals surface area contributed by atoms with E-state index in [-0.39, 0.29) is 5.57 Å². The number of unbranched alkanes of at least 4 members (excludes halogenated alkanes) is 5. The summed E-state index contributed by atoms with van der Waals surface area (Å²) in [4.78, 5) is 10.5. The zero-order valence-corrected chi connectivity index (χ0v) is 10.9. The Morgan fingerprint density at radius 3 is 2.35 bits per heavy atom. The molecular formula is C14H23NO2. The summed E-state index contributed by atoms with van der Waals surface area (Å²) in [7, 11) is 0. The predicted molar refractivity (Wildman–Crippen MR) is 68.5 cm³/mol. The Labute approximate surface area is 104 Å². The molecule has 0 aliphatic carbocycles. The maximum absolute atomic E-state index is 10.5. The van der Waals surface area contributed by atoms with Gasteiger partial charge < -0.3 is 5.11 Å². The van der Waals surface area contributed by atoms with Crippen LogP contribution in [0.4, 0.5) is 0 Å². The Balaban J connectivity index is 3.47. The van der Waals surface area contributed by atoms with Gasteiger partial charge in [-0.3, -0.25) is 0 Å². The Morgan fingerprint density at radius 2 is 1.82 bits per heavy atom. The van der Waals surface area contributed by atoms with Gasteiger partial charge >= 0.3 is 5.97 Å². The molecule has 0 radical (unpaired) electrons. The van der Waals surface area contributed by atoms with E-state index >= 15 is 0 Å². The lowest BCUT2D eigenvalue weighted by Gasteiger charge is -2.03. The molecule has 0 rings (SSSR count). The van der Waals surface area contributed by atoms with Crippen LogP contribution in [0.3, 0.4) is 0 Å². The van der Waals surface area contributed by atoms with Crippen LogP contribution in [0.1, 0.15) is 58.8 Å². The van der Waals surface area contributed by atoms with Gasteiger partial charge in [0.2, 0.25) is 0 Å². The molecule has 1 N–H and O–H groups in total. The second-order valence-electron chi connectivity index (χ2n) is 4.77. The normalized spacial score (nSPS) is 11.5. The quantitative estimate of drug-likeness (QED) is 0.376. The molecule has 0 aromatic rings. The van der Waals surface area contributed by atoms with Crippen molar-refractivity contribution in [3.8, 4) is 6.07 Å². The number of carboxylic acid groups (broad SMARTS) is 1. The summed E-state index contributed by atoms with van der Waals surface area (Å²) in [5, 5.41) is 17.1. The highest BCUT2D eigenvalue weighted by Crippen LogP contribution is 2.11. The molecule has 3 nitrogen and oxygen atoms in total. The minimum absolute atomic E-state index is 0.134. The molecule has 0 aromatic heterocycles. The van der Waals surface area contributed by atoms with Crippen molar-refractivity contribution in [1.29, 1.82) is 5.26 Å². The van der Waals surface area contributed by atoms with Crippen molar-refractivity contribution in [1.82, 2.24) is 0 Å². The lowest BCUT2D eigenvalue weighted by Crippen LogP contribution is -1.97. The van der Waals surface area contributed by atoms with E-state index < -0.39 is 5.97 Å². The molecule has 0 saturated carbocycles. The van der Waals surface area contributed by atoms with Crippen LogP contribution in [0.5, 0.6) is 0 Å². The molecule has 17 heavy (non-hydrogen) atoms. The highest BCUT2D eigenvalue weighted by Gasteiger charge is 2.03. The molecule has 0 heterocycles. The molecule has 0 spiro atoms. The number of nitriles is 1. The zero-order chi connectivity index (χ0) is 13.1. The fraction of sp³-hybridized carbons (Fsp3) is 0.714. The first-order valence-electron chi connectivity index (χ1n) is 6.41. The largest absolute Gasteiger partial charge is 0.477 e. The first-order valence-corrected chi connectivity index (χ1v) is 6.41. The van der Waals surface area contributed by atoms with E-state index in [9.17, 15) is 4.79 Å². The first kappa shape index (κ1) is 15.7. The molecule has 0 atom stereocenters. The molecular weight excluding hydrogens is 214 g/mol. The van der Waals surface area contributed by atoms with Crippen molar-refractivity contribution < 1.29 is 9.90 Å². The number of rotatable bonds is 9. The lowest BCUT2D eigenvalue weighted by molar-refractivity contribution is -0.132. The van der Waals surface area contributed by atoms with E-state index in [1.54, 1.807) is 6.07 Å². The third kappa shape index (κ3) is 9.62. The summed E-state index contributed by atoms with van der Waals surface area (Å²) in [5.41, 5.74) is -0.134. The van der Waals surface area contributed by atoms with E-state index in [2.05, 4.69) is 13.8 Å². The van der Waals surface area contributed by atoms with Crippen molar-refractivity contribution in [3.05, 3.63) is 11.6 Å². The minimum atomic E-state index is -1.12. The predicted octanol–water partition coefficient (Wildman–Crippen LogP) is 3.91. The minimum Gasteiger partial charge on any atom is -0.477 e. The van der Waals surface area contributed by atoms with Gasteiger partial charge in [0.05, 0.1) is 0 Å². The van der Waals surface area contributed by atoms with Gasteiger partial charge in [0, 0.05) is 0 Å². The van der Waals surface area contributed by atoms with Gasteiger partial charge in [0.15, 0.2) is 0 Å². The first-order chi connectivity index (χ1) is 8.07. The van der Waals surface area contributed by atoms with Crippen LogP contribution in [0, 0.1) is 17.2 Å². The van der Waals surface area contributed by atoms with Gasteiger partial charge in [-0.2, -0.15) is 5.26 Å². The Kier molecular flexibility index (Phi) is 9.14. The average Bonchev–Trinajstić information content (AvgIpc) is 2.26. The molecule has 3 heteroatoms. The van der Waals surface area contributed by atoms with Crippen LogP contribution in [0.25, 0.3) is 0 Å². The van der Waals surface area contributed by atoms with Crippen LogP contribution in [-0.4, -0.2) is 11.1 Å². The number of hydrogen-bond acceptors (Lipinski definition) is 2. The fourth-order valence-corrected chi connectivity index (χ4v) is 1.65. The highest BCUT2D eigenvalue weighted by molar-refractivity contribution is 5.90. The van der Waals surface area contributed by atoms with Crippen molar-refractivity contribution in [3.63, 3.8) is 0 Å². The summed E-state index contributed by atoms with van der Waals surface area (Å²) in [6.07, 6.45) is 9.34. The zero-order valence-electron chi connectivity index (χ0n) is 10.9. The summed E-state index contributed by atoms with van der Waals surface area (Å²) < 4.78 is 0. The number of carbonyl (C=O) groups is 1. The van der Waals surface area contributed by atoms with Crippen LogP contribution in [0.2, 0.25) is 0 Å². The van der Waals surface area contributed by atoms with E-state index in [1.807, 2.05) is 0 Å². The van der Waals surface area contributed by atoms with Crippen LogP contribution >= 0.6 is 0 Å². The summed E-state index contributed by atoms with van der Waals surface area (Å²) in [6, 6.07) is 1.69. The second kappa shape index (κ2) is 9.89. The van der Waals surface area contributed by atoms with Crippen LogP contribution in [-0.2, 0) is 4.79 Å². The fourth-order valence-electron chi connectivity index (χ4n) is 1.65. The standard InChI is InChI=1S/C14H23NO2/c1-12(2)9-7-5-3-4-6-8-10-13(11-15)14(16)17/h10,12H,3-9H2,1-2H3,(H,16,17). The van der Waals surface area contributed by atoms with Gasteiger partial charge in [-0.1, -0.05) is 52.0 Å². The lowest BCUT2D eigenvalue weighted by atomic mass is 10.0. The molecule has 0 unspecified atom stereocenters. The maximum atomic E-state index is 10.5. The number of nitrogens with zero attached hydrogens (tertiary/aromatic N) is 1. The van der Waals surface area contributed by atoms with Crippen LogP contribution < -0.4 is 0 Å². The van der Waals surface area contributed by atoms with E-state index in [1.165, 1.54) is 31.8 Å². The molecule has 0 fully saturated rings. The number of allylic oxidation sites excluding steroid dienone is 1. The number of carboxylic acids is 1. The maximum Gasteiger partial charge on any atom is 0.346 e. The third-order valence-corrected chi connectivity index (χ3v) is 2.68. The SMILES string of the molecule is CC(C)CCCCCCCC=C(C#N)C(=O)O. The third-order valence-electron chi connectivity index (χ3n) is 2.68.